The molecule has 4 heteroatoms. The van der Waals surface area contributed by atoms with Crippen LogP contribution in [0, 0.1) is 0 Å². The van der Waals surface area contributed by atoms with Crippen molar-refractivity contribution in [1.82, 2.24) is 0 Å². The van der Waals surface area contributed by atoms with Gasteiger partial charge >= 0.3 is 0 Å². The van der Waals surface area contributed by atoms with Crippen LogP contribution in [0.2, 0.25) is 0 Å². The van der Waals surface area contributed by atoms with E-state index in [4.69, 9.17) is 0 Å². The van der Waals surface area contributed by atoms with E-state index in [1.807, 2.05) is 13.0 Å². The van der Waals surface area contributed by atoms with E-state index >= 15 is 0 Å². The number of hydrogen-bond acceptors (Lipinski definition) is 3. The lowest BCUT2D eigenvalue weighted by atomic mass is 10.3. The first-order valence-electron chi connectivity index (χ1n) is 5.78. The summed E-state index contributed by atoms with van der Waals surface area (Å²) in [5, 5.41) is 3.13. The summed E-state index contributed by atoms with van der Waals surface area (Å²) in [6.45, 7) is 6.20. The Kier molecular flexibility index (Phi) is 5.22. The largest absolute Gasteiger partial charge is 0.384 e. The fraction of sp³-hybridized carbons (Fsp3) is 0.385. The molecule has 3 nitrogen and oxygen atoms in total. The van der Waals surface area contributed by atoms with E-state index in [1.54, 1.807) is 24.3 Å². The molecule has 1 N–H and O–H groups in total. The van der Waals surface area contributed by atoms with Crippen molar-refractivity contribution in [2.24, 2.45) is 0 Å². The standard InChI is InChI=1S/C13H19NO2S/c1-3-5-10-14-12-8-6-7-9-13(12)17(15,16)11-4-2/h3,6-9,14H,1,4-5,10-11H2,2H3. The molecule has 0 amide bonds. The van der Waals surface area contributed by atoms with Crippen molar-refractivity contribution < 1.29 is 8.42 Å². The number of hydrogen-bond donors (Lipinski definition) is 1. The van der Waals surface area contributed by atoms with Gasteiger partial charge < -0.3 is 5.32 Å². The molecule has 94 valence electrons. The highest BCUT2D eigenvalue weighted by Crippen LogP contribution is 2.22. The Bertz CT molecular complexity index is 466. The highest BCUT2D eigenvalue weighted by atomic mass is 32.2. The van der Waals surface area contributed by atoms with Crippen molar-refractivity contribution >= 4 is 15.5 Å². The molecular weight excluding hydrogens is 234 g/mol. The van der Waals surface area contributed by atoms with Crippen LogP contribution in [0.25, 0.3) is 0 Å². The highest BCUT2D eigenvalue weighted by molar-refractivity contribution is 7.91. The zero-order chi connectivity index (χ0) is 12.7. The van der Waals surface area contributed by atoms with E-state index in [0.717, 1.165) is 6.42 Å². The summed E-state index contributed by atoms with van der Waals surface area (Å²) >= 11 is 0. The van der Waals surface area contributed by atoms with Gasteiger partial charge in [0.1, 0.15) is 0 Å². The Morgan fingerprint density at radius 3 is 2.71 bits per heavy atom. The zero-order valence-corrected chi connectivity index (χ0v) is 11.0. The van der Waals surface area contributed by atoms with E-state index in [2.05, 4.69) is 11.9 Å². The third-order valence-electron chi connectivity index (χ3n) is 2.36. The third-order valence-corrected chi connectivity index (χ3v) is 4.33. The maximum atomic E-state index is 12.0. The molecule has 0 bridgehead atoms. The summed E-state index contributed by atoms with van der Waals surface area (Å²) in [7, 11) is -3.17. The minimum absolute atomic E-state index is 0.188. The molecule has 0 saturated heterocycles. The SMILES string of the molecule is C=CCCNc1ccccc1S(=O)(=O)CCC. The maximum Gasteiger partial charge on any atom is 0.180 e. The van der Waals surface area contributed by atoms with Gasteiger partial charge in [-0.05, 0) is 25.0 Å². The van der Waals surface area contributed by atoms with Crippen LogP contribution in [-0.2, 0) is 9.84 Å². The molecule has 1 aromatic rings. The lowest BCUT2D eigenvalue weighted by Crippen LogP contribution is -2.10. The summed E-state index contributed by atoms with van der Waals surface area (Å²) in [4.78, 5) is 0.394. The van der Waals surface area contributed by atoms with E-state index in [9.17, 15) is 8.42 Å². The topological polar surface area (TPSA) is 46.2 Å². The summed E-state index contributed by atoms with van der Waals surface area (Å²) in [5.41, 5.74) is 0.683. The van der Waals surface area contributed by atoms with Crippen molar-refractivity contribution in [2.45, 2.75) is 24.7 Å². The monoisotopic (exact) mass is 253 g/mol. The van der Waals surface area contributed by atoms with Crippen molar-refractivity contribution in [2.75, 3.05) is 17.6 Å². The van der Waals surface area contributed by atoms with Gasteiger partial charge in [-0.15, -0.1) is 6.58 Å². The van der Waals surface area contributed by atoms with Crippen LogP contribution in [0.15, 0.2) is 41.8 Å². The van der Waals surface area contributed by atoms with Gasteiger partial charge in [-0.25, -0.2) is 8.42 Å². The molecule has 1 aromatic carbocycles. The van der Waals surface area contributed by atoms with Gasteiger partial charge in [0.05, 0.1) is 16.3 Å². The number of benzene rings is 1. The molecule has 0 spiro atoms. The van der Waals surface area contributed by atoms with E-state index in [1.165, 1.54) is 0 Å². The number of sulfone groups is 1. The summed E-state index contributed by atoms with van der Waals surface area (Å²) in [6, 6.07) is 7.04. The molecule has 1 rings (SSSR count). The van der Waals surface area contributed by atoms with E-state index < -0.39 is 9.84 Å². The van der Waals surface area contributed by atoms with Crippen molar-refractivity contribution in [3.63, 3.8) is 0 Å². The Morgan fingerprint density at radius 1 is 1.35 bits per heavy atom. The first kappa shape index (κ1) is 13.8. The van der Waals surface area contributed by atoms with Crippen LogP contribution in [0.4, 0.5) is 5.69 Å². The summed E-state index contributed by atoms with van der Waals surface area (Å²) in [5.74, 6) is 0.188. The Labute approximate surface area is 103 Å². The van der Waals surface area contributed by atoms with Crippen LogP contribution in [0.5, 0.6) is 0 Å². The molecule has 0 aliphatic rings. The Balaban J connectivity index is 2.95. The van der Waals surface area contributed by atoms with E-state index in [-0.39, 0.29) is 5.75 Å². The van der Waals surface area contributed by atoms with Gasteiger partial charge in [-0.2, -0.15) is 0 Å². The molecule has 0 heterocycles. The average Bonchev–Trinajstić information content (AvgIpc) is 2.30. The second-order valence-corrected chi connectivity index (χ2v) is 5.90. The third kappa shape index (κ3) is 3.89. The van der Waals surface area contributed by atoms with Crippen molar-refractivity contribution in [3.8, 4) is 0 Å². The van der Waals surface area contributed by atoms with Crippen LogP contribution in [-0.4, -0.2) is 20.7 Å². The van der Waals surface area contributed by atoms with Crippen molar-refractivity contribution in [3.05, 3.63) is 36.9 Å². The first-order chi connectivity index (χ1) is 8.11. The molecule has 0 aliphatic heterocycles. The second-order valence-electron chi connectivity index (χ2n) is 3.82. The van der Waals surface area contributed by atoms with Gasteiger partial charge in [0.25, 0.3) is 0 Å². The molecular formula is C13H19NO2S. The van der Waals surface area contributed by atoms with Gasteiger partial charge in [-0.3, -0.25) is 0 Å². The predicted octanol–water partition coefficient (Wildman–Crippen LogP) is 2.86. The second kappa shape index (κ2) is 6.45. The predicted molar refractivity (Wildman–Crippen MR) is 72.1 cm³/mol. The van der Waals surface area contributed by atoms with Crippen molar-refractivity contribution in [1.29, 1.82) is 0 Å². The fourth-order valence-electron chi connectivity index (χ4n) is 1.57. The fourth-order valence-corrected chi connectivity index (χ4v) is 3.09. The zero-order valence-electron chi connectivity index (χ0n) is 10.1. The maximum absolute atomic E-state index is 12.0. The number of rotatable bonds is 7. The molecule has 0 atom stereocenters. The van der Waals surface area contributed by atoms with Crippen LogP contribution < -0.4 is 5.32 Å². The smallest absolute Gasteiger partial charge is 0.180 e. The van der Waals surface area contributed by atoms with Crippen LogP contribution >= 0.6 is 0 Å². The minimum Gasteiger partial charge on any atom is -0.384 e. The normalized spacial score (nSPS) is 11.1. The number of anilines is 1. The molecule has 0 aromatic heterocycles. The molecule has 0 unspecified atom stereocenters. The lowest BCUT2D eigenvalue weighted by molar-refractivity contribution is 0.595. The lowest BCUT2D eigenvalue weighted by Gasteiger charge is -2.11. The molecule has 0 radical (unpaired) electrons. The van der Waals surface area contributed by atoms with Gasteiger partial charge in [0.15, 0.2) is 9.84 Å². The number of para-hydroxylation sites is 1. The summed E-state index contributed by atoms with van der Waals surface area (Å²) < 4.78 is 24.1. The molecule has 0 aliphatic carbocycles. The average molecular weight is 253 g/mol. The highest BCUT2D eigenvalue weighted by Gasteiger charge is 2.16. The summed E-state index contributed by atoms with van der Waals surface area (Å²) in [6.07, 6.45) is 3.24. The molecule has 0 saturated carbocycles. The minimum atomic E-state index is -3.17. The van der Waals surface area contributed by atoms with Gasteiger partial charge in [-0.1, -0.05) is 25.1 Å². The van der Waals surface area contributed by atoms with Gasteiger partial charge in [0.2, 0.25) is 0 Å². The Morgan fingerprint density at radius 2 is 2.06 bits per heavy atom. The number of nitrogens with one attached hydrogen (secondary N) is 1. The Hall–Kier alpha value is -1.29. The quantitative estimate of drug-likeness (QED) is 0.600. The molecule has 17 heavy (non-hydrogen) atoms. The van der Waals surface area contributed by atoms with E-state index in [0.29, 0.717) is 23.5 Å². The van der Waals surface area contributed by atoms with Crippen LogP contribution in [0.3, 0.4) is 0 Å². The van der Waals surface area contributed by atoms with Gasteiger partial charge in [0, 0.05) is 6.54 Å². The van der Waals surface area contributed by atoms with Crippen LogP contribution in [0.1, 0.15) is 19.8 Å². The first-order valence-corrected chi connectivity index (χ1v) is 7.43. The molecule has 0 fully saturated rings.